The van der Waals surface area contributed by atoms with Crippen molar-refractivity contribution in [3.63, 3.8) is 0 Å². The van der Waals surface area contributed by atoms with Gasteiger partial charge < -0.3 is 0 Å². The van der Waals surface area contributed by atoms with Crippen LogP contribution < -0.4 is 18.6 Å². The quantitative estimate of drug-likeness (QED) is 0.0996. The zero-order chi connectivity index (χ0) is 42.6. The molecule has 0 N–H and O–H groups in total. The van der Waals surface area contributed by atoms with Gasteiger partial charge in [0, 0.05) is 0 Å². The summed E-state index contributed by atoms with van der Waals surface area (Å²) in [5.41, 5.74) is 11.8. The van der Waals surface area contributed by atoms with Crippen molar-refractivity contribution in [2.24, 2.45) is 0 Å². The van der Waals surface area contributed by atoms with E-state index >= 15 is 0 Å². The van der Waals surface area contributed by atoms with E-state index in [-0.39, 0.29) is 0 Å². The Morgan fingerprint density at radius 3 is 0.903 bits per heavy atom. The van der Waals surface area contributed by atoms with Gasteiger partial charge in [-0.1, -0.05) is 0 Å². The fourth-order valence-electron chi connectivity index (χ4n) is 9.27. The standard InChI is InChI=1S/C58H52Ge2N2/c1-59(2,3)43-27-31-47(32-28-43)61(45-23-15-9-16-24-45)55-39-53(41-19-11-7-12-20-41)49-36-38-52-56(40-54(42-21-13-8-14-22-42)50-35-37-51(55)57(49)58(50)52)62(46-25-17-10-18-26-46)48-33-29-44(30-34-48)60(4,5)6/h7-40H,1-6H3. The van der Waals surface area contributed by atoms with Gasteiger partial charge in [-0.05, 0) is 0 Å². The summed E-state index contributed by atoms with van der Waals surface area (Å²) >= 11 is -4.13. The predicted molar refractivity (Wildman–Crippen MR) is 276 cm³/mol. The summed E-state index contributed by atoms with van der Waals surface area (Å²) in [7, 11) is 0. The molecule has 0 aliphatic heterocycles. The van der Waals surface area contributed by atoms with Gasteiger partial charge in [-0.25, -0.2) is 0 Å². The van der Waals surface area contributed by atoms with E-state index in [1.807, 2.05) is 0 Å². The molecule has 0 saturated carbocycles. The minimum absolute atomic E-state index is 1.13. The molecule has 62 heavy (non-hydrogen) atoms. The molecule has 10 aromatic rings. The van der Waals surface area contributed by atoms with E-state index in [9.17, 15) is 0 Å². The molecule has 0 atom stereocenters. The molecule has 0 heterocycles. The van der Waals surface area contributed by atoms with Crippen LogP contribution in [0, 0.1) is 0 Å². The third kappa shape index (κ3) is 7.29. The topological polar surface area (TPSA) is 6.48 Å². The molecule has 0 fully saturated rings. The van der Waals surface area contributed by atoms with Crippen molar-refractivity contribution < 1.29 is 0 Å². The van der Waals surface area contributed by atoms with Crippen LogP contribution in [0.25, 0.3) is 54.6 Å². The number of hydrogen-bond acceptors (Lipinski definition) is 2. The van der Waals surface area contributed by atoms with E-state index in [1.165, 1.54) is 63.4 Å². The molecule has 0 saturated heterocycles. The maximum atomic E-state index is 2.48. The number of para-hydroxylation sites is 2. The molecule has 0 spiro atoms. The van der Waals surface area contributed by atoms with Crippen molar-refractivity contribution in [1.82, 2.24) is 0 Å². The summed E-state index contributed by atoms with van der Waals surface area (Å²) in [4.78, 5) is 4.96. The molecular weight excluding hydrogens is 870 g/mol. The molecule has 4 heteroatoms. The van der Waals surface area contributed by atoms with Crippen LogP contribution in [-0.2, 0) is 0 Å². The summed E-state index contributed by atoms with van der Waals surface area (Å²) in [6, 6.07) is 77.1. The van der Waals surface area contributed by atoms with Crippen LogP contribution in [0.5, 0.6) is 0 Å². The van der Waals surface area contributed by atoms with Crippen molar-refractivity contribution in [2.45, 2.75) is 34.5 Å². The van der Waals surface area contributed by atoms with E-state index in [1.54, 1.807) is 0 Å². The summed E-state index contributed by atoms with van der Waals surface area (Å²) in [6.45, 7) is 0. The molecule has 302 valence electrons. The Bertz CT molecular complexity index is 2930. The molecule has 0 aliphatic carbocycles. The van der Waals surface area contributed by atoms with Gasteiger partial charge in [0.15, 0.2) is 0 Å². The Balaban J connectivity index is 1.34. The van der Waals surface area contributed by atoms with E-state index in [2.05, 4.69) is 251 Å². The third-order valence-electron chi connectivity index (χ3n) is 12.5. The van der Waals surface area contributed by atoms with Gasteiger partial charge in [0.05, 0.1) is 0 Å². The fourth-order valence-corrected chi connectivity index (χ4v) is 14.2. The molecule has 0 bridgehead atoms. The molecule has 0 unspecified atom stereocenters. The van der Waals surface area contributed by atoms with Crippen LogP contribution >= 0.6 is 0 Å². The Labute approximate surface area is 372 Å². The Morgan fingerprint density at radius 2 is 0.581 bits per heavy atom. The summed E-state index contributed by atoms with van der Waals surface area (Å²) < 4.78 is 3.00. The monoisotopic (exact) mass is 924 g/mol. The van der Waals surface area contributed by atoms with E-state index in [0.29, 0.717) is 0 Å². The van der Waals surface area contributed by atoms with Gasteiger partial charge in [0.2, 0.25) is 0 Å². The molecule has 0 amide bonds. The molecule has 10 rings (SSSR count). The van der Waals surface area contributed by atoms with Crippen LogP contribution in [0.1, 0.15) is 0 Å². The minimum atomic E-state index is -2.07. The Hall–Kier alpha value is -6.07. The van der Waals surface area contributed by atoms with E-state index < -0.39 is 26.5 Å². The molecule has 0 radical (unpaired) electrons. The zero-order valence-corrected chi connectivity index (χ0v) is 40.7. The fraction of sp³-hybridized carbons (Fsp3) is 0.103. The van der Waals surface area contributed by atoms with Gasteiger partial charge in [0.25, 0.3) is 0 Å². The van der Waals surface area contributed by atoms with Gasteiger partial charge in [-0.15, -0.1) is 0 Å². The number of nitrogens with zero attached hydrogens (tertiary/aromatic N) is 2. The first-order chi connectivity index (χ1) is 30.0. The number of anilines is 6. The van der Waals surface area contributed by atoms with E-state index in [4.69, 9.17) is 0 Å². The Morgan fingerprint density at radius 1 is 0.290 bits per heavy atom. The first-order valence-electron chi connectivity index (χ1n) is 21.9. The van der Waals surface area contributed by atoms with Crippen LogP contribution in [0.2, 0.25) is 34.5 Å². The number of rotatable bonds is 10. The number of benzene rings is 10. The summed E-state index contributed by atoms with van der Waals surface area (Å²) in [5, 5.41) is 7.51. The van der Waals surface area contributed by atoms with Crippen molar-refractivity contribution >= 4 is 102 Å². The van der Waals surface area contributed by atoms with Gasteiger partial charge >= 0.3 is 375 Å². The SMILES string of the molecule is [CH3][Ge]([CH3])([CH3])[c]1ccc(N(c2ccccc2)c2cc(-c3ccccc3)c3ccc4c(N(c5ccccc5)c5cc[c]([Ge]([CH3])([CH3])[CH3])cc5)cc(-c5ccccc5)c5ccc2c3c54)cc1. The molecule has 2 nitrogen and oxygen atoms in total. The zero-order valence-electron chi connectivity index (χ0n) is 36.5. The average molecular weight is 922 g/mol. The first kappa shape index (κ1) is 40.0. The van der Waals surface area contributed by atoms with E-state index in [0.717, 1.165) is 34.1 Å². The second kappa shape index (κ2) is 16.0. The molecule has 0 aliphatic rings. The van der Waals surface area contributed by atoms with Gasteiger partial charge in [-0.3, -0.25) is 0 Å². The summed E-state index contributed by atoms with van der Waals surface area (Å²) in [5.74, 6) is 14.8. The van der Waals surface area contributed by atoms with Crippen molar-refractivity contribution in [1.29, 1.82) is 0 Å². The van der Waals surface area contributed by atoms with Gasteiger partial charge in [0.1, 0.15) is 0 Å². The van der Waals surface area contributed by atoms with Crippen LogP contribution in [-0.4, -0.2) is 26.5 Å². The molecule has 0 aromatic heterocycles. The van der Waals surface area contributed by atoms with Crippen LogP contribution in [0.4, 0.5) is 34.1 Å². The van der Waals surface area contributed by atoms with Crippen molar-refractivity contribution in [2.75, 3.05) is 9.80 Å². The van der Waals surface area contributed by atoms with Crippen LogP contribution in [0.15, 0.2) is 206 Å². The van der Waals surface area contributed by atoms with Crippen molar-refractivity contribution in [3.8, 4) is 22.3 Å². The number of hydrogen-bond donors (Lipinski definition) is 0. The second-order valence-electron chi connectivity index (χ2n) is 18.6. The molecule has 10 aromatic carbocycles. The predicted octanol–water partition coefficient (Wildman–Crippen LogP) is 15.9. The average Bonchev–Trinajstić information content (AvgIpc) is 3.30. The third-order valence-corrected chi connectivity index (χ3v) is 21.2. The first-order valence-corrected chi connectivity index (χ1v) is 36.5. The van der Waals surface area contributed by atoms with Crippen molar-refractivity contribution in [3.05, 3.63) is 206 Å². The normalized spacial score (nSPS) is 12.0. The maximum absolute atomic E-state index is 2.48. The summed E-state index contributed by atoms with van der Waals surface area (Å²) in [6.07, 6.45) is 0. The van der Waals surface area contributed by atoms with Gasteiger partial charge in [-0.2, -0.15) is 0 Å². The molecular formula is C58H52Ge2N2. The second-order valence-corrected chi connectivity index (χ2v) is 39.9. The van der Waals surface area contributed by atoms with Crippen LogP contribution in [0.3, 0.4) is 0 Å². The Kier molecular flexibility index (Phi) is 10.3.